The molecule has 18 heavy (non-hydrogen) atoms. The first-order valence-electron chi connectivity index (χ1n) is 6.03. The van der Waals surface area contributed by atoms with Crippen LogP contribution >= 0.6 is 11.3 Å². The van der Waals surface area contributed by atoms with Crippen LogP contribution in [0.5, 0.6) is 0 Å². The van der Waals surface area contributed by atoms with Crippen LogP contribution < -0.4 is 5.32 Å². The lowest BCUT2D eigenvalue weighted by atomic mass is 10.1. The monoisotopic (exact) mass is 259 g/mol. The van der Waals surface area contributed by atoms with E-state index in [9.17, 15) is 4.79 Å². The summed E-state index contributed by atoms with van der Waals surface area (Å²) in [6.45, 7) is 4.65. The van der Waals surface area contributed by atoms with E-state index < -0.39 is 0 Å². The number of hydrogen-bond acceptors (Lipinski definition) is 2. The molecule has 0 radical (unpaired) electrons. The third-order valence-electron chi connectivity index (χ3n) is 2.92. The van der Waals surface area contributed by atoms with Crippen LogP contribution in [0.15, 0.2) is 35.0 Å². The fraction of sp³-hybridized carbons (Fsp3) is 0.267. The van der Waals surface area contributed by atoms with Gasteiger partial charge in [-0.3, -0.25) is 4.79 Å². The molecule has 0 aliphatic rings. The van der Waals surface area contributed by atoms with Gasteiger partial charge in [0.1, 0.15) is 0 Å². The summed E-state index contributed by atoms with van der Waals surface area (Å²) in [7, 11) is 0. The van der Waals surface area contributed by atoms with E-state index in [4.69, 9.17) is 0 Å². The Morgan fingerprint density at radius 2 is 2.11 bits per heavy atom. The normalized spacial score (nSPS) is 10.3. The summed E-state index contributed by atoms with van der Waals surface area (Å²) in [4.78, 5) is 12.0. The van der Waals surface area contributed by atoms with Crippen molar-refractivity contribution in [3.05, 3.63) is 57.3 Å². The summed E-state index contributed by atoms with van der Waals surface area (Å²) in [5, 5.41) is 7.14. The molecule has 0 aliphatic carbocycles. The number of aryl methyl sites for hydroxylation is 2. The topological polar surface area (TPSA) is 29.1 Å². The molecule has 0 bridgehead atoms. The quantitative estimate of drug-likeness (QED) is 0.896. The molecular formula is C15H17NOS. The van der Waals surface area contributed by atoms with Crippen molar-refractivity contribution in [1.82, 2.24) is 5.32 Å². The van der Waals surface area contributed by atoms with Crippen LogP contribution in [0.2, 0.25) is 0 Å². The zero-order chi connectivity index (χ0) is 13.0. The highest BCUT2D eigenvalue weighted by molar-refractivity contribution is 7.07. The van der Waals surface area contributed by atoms with Gasteiger partial charge in [0, 0.05) is 12.1 Å². The number of carbonyl (C=O) groups is 1. The Hall–Kier alpha value is -1.61. The number of amides is 1. The van der Waals surface area contributed by atoms with Gasteiger partial charge in [0.15, 0.2) is 0 Å². The molecule has 94 valence electrons. The molecule has 0 saturated carbocycles. The van der Waals surface area contributed by atoms with Gasteiger partial charge in [0.05, 0.1) is 0 Å². The van der Waals surface area contributed by atoms with Gasteiger partial charge >= 0.3 is 0 Å². The minimum absolute atomic E-state index is 0.0198. The highest BCUT2D eigenvalue weighted by Gasteiger charge is 2.08. The molecular weight excluding hydrogens is 242 g/mol. The minimum Gasteiger partial charge on any atom is -0.352 e. The van der Waals surface area contributed by atoms with Gasteiger partial charge in [-0.05, 0) is 54.3 Å². The van der Waals surface area contributed by atoms with E-state index in [1.807, 2.05) is 32.0 Å². The fourth-order valence-electron chi connectivity index (χ4n) is 1.83. The Morgan fingerprint density at radius 1 is 1.28 bits per heavy atom. The second-order valence-electron chi connectivity index (χ2n) is 4.46. The van der Waals surface area contributed by atoms with Crippen molar-refractivity contribution >= 4 is 17.2 Å². The van der Waals surface area contributed by atoms with Crippen LogP contribution in [-0.4, -0.2) is 12.5 Å². The average molecular weight is 259 g/mol. The average Bonchev–Trinajstić information content (AvgIpc) is 2.85. The van der Waals surface area contributed by atoms with E-state index >= 15 is 0 Å². The smallest absolute Gasteiger partial charge is 0.251 e. The molecule has 0 fully saturated rings. The molecule has 2 aromatic rings. The van der Waals surface area contributed by atoms with Crippen molar-refractivity contribution in [1.29, 1.82) is 0 Å². The SMILES string of the molecule is Cc1ccc(C)c(C(=O)NCCc2ccsc2)c1. The largest absolute Gasteiger partial charge is 0.352 e. The van der Waals surface area contributed by atoms with Crippen LogP contribution in [0.25, 0.3) is 0 Å². The molecule has 1 aromatic heterocycles. The maximum Gasteiger partial charge on any atom is 0.251 e. The molecule has 2 nitrogen and oxygen atoms in total. The molecule has 1 heterocycles. The van der Waals surface area contributed by atoms with Gasteiger partial charge < -0.3 is 5.32 Å². The lowest BCUT2D eigenvalue weighted by molar-refractivity contribution is 0.0953. The Bertz CT molecular complexity index is 531. The number of nitrogens with one attached hydrogen (secondary N) is 1. The van der Waals surface area contributed by atoms with Crippen molar-refractivity contribution in [2.75, 3.05) is 6.54 Å². The van der Waals surface area contributed by atoms with Crippen molar-refractivity contribution < 1.29 is 4.79 Å². The predicted molar refractivity (Wildman–Crippen MR) is 76.3 cm³/mol. The molecule has 3 heteroatoms. The van der Waals surface area contributed by atoms with Gasteiger partial charge in [-0.1, -0.05) is 17.7 Å². The van der Waals surface area contributed by atoms with Crippen molar-refractivity contribution in [2.24, 2.45) is 0 Å². The molecule has 0 spiro atoms. The van der Waals surface area contributed by atoms with E-state index in [1.165, 1.54) is 5.56 Å². The zero-order valence-corrected chi connectivity index (χ0v) is 11.5. The Morgan fingerprint density at radius 3 is 2.83 bits per heavy atom. The fourth-order valence-corrected chi connectivity index (χ4v) is 2.53. The van der Waals surface area contributed by atoms with Crippen molar-refractivity contribution in [2.45, 2.75) is 20.3 Å². The maximum atomic E-state index is 12.0. The summed E-state index contributed by atoms with van der Waals surface area (Å²) < 4.78 is 0. The first kappa shape index (κ1) is 12.8. The van der Waals surface area contributed by atoms with Crippen LogP contribution in [0.4, 0.5) is 0 Å². The number of rotatable bonds is 4. The Kier molecular flexibility index (Phi) is 4.15. The minimum atomic E-state index is 0.0198. The Labute approximate surface area is 112 Å². The van der Waals surface area contributed by atoms with Crippen LogP contribution in [-0.2, 0) is 6.42 Å². The van der Waals surface area contributed by atoms with E-state index in [-0.39, 0.29) is 5.91 Å². The maximum absolute atomic E-state index is 12.0. The summed E-state index contributed by atoms with van der Waals surface area (Å²) >= 11 is 1.69. The number of carbonyl (C=O) groups excluding carboxylic acids is 1. The summed E-state index contributed by atoms with van der Waals surface area (Å²) in [6, 6.07) is 8.05. The second-order valence-corrected chi connectivity index (χ2v) is 5.24. The number of hydrogen-bond donors (Lipinski definition) is 1. The third kappa shape index (κ3) is 3.20. The summed E-state index contributed by atoms with van der Waals surface area (Å²) in [5.74, 6) is 0.0198. The van der Waals surface area contributed by atoms with Crippen LogP contribution in [0, 0.1) is 13.8 Å². The zero-order valence-electron chi connectivity index (χ0n) is 10.7. The highest BCUT2D eigenvalue weighted by atomic mass is 32.1. The van der Waals surface area contributed by atoms with Gasteiger partial charge in [-0.15, -0.1) is 0 Å². The lowest BCUT2D eigenvalue weighted by Crippen LogP contribution is -2.26. The highest BCUT2D eigenvalue weighted by Crippen LogP contribution is 2.10. The molecule has 2 rings (SSSR count). The summed E-state index contributed by atoms with van der Waals surface area (Å²) in [6.07, 6.45) is 0.889. The molecule has 1 aromatic carbocycles. The predicted octanol–water partition coefficient (Wildman–Crippen LogP) is 3.34. The number of benzene rings is 1. The van der Waals surface area contributed by atoms with E-state index in [0.717, 1.165) is 23.1 Å². The molecule has 1 amide bonds. The van der Waals surface area contributed by atoms with Crippen molar-refractivity contribution in [3.8, 4) is 0 Å². The summed E-state index contributed by atoms with van der Waals surface area (Å²) in [5.41, 5.74) is 4.19. The van der Waals surface area contributed by atoms with E-state index in [0.29, 0.717) is 6.54 Å². The molecule has 0 unspecified atom stereocenters. The van der Waals surface area contributed by atoms with Gasteiger partial charge in [-0.25, -0.2) is 0 Å². The van der Waals surface area contributed by atoms with E-state index in [1.54, 1.807) is 11.3 Å². The molecule has 0 saturated heterocycles. The lowest BCUT2D eigenvalue weighted by Gasteiger charge is -2.08. The Balaban J connectivity index is 1.93. The number of thiophene rings is 1. The first-order chi connectivity index (χ1) is 8.66. The standard InChI is InChI=1S/C15H17NOS/c1-11-3-4-12(2)14(9-11)15(17)16-7-5-13-6-8-18-10-13/h3-4,6,8-10H,5,7H2,1-2H3,(H,16,17). The second kappa shape index (κ2) is 5.83. The van der Waals surface area contributed by atoms with Crippen LogP contribution in [0.3, 0.4) is 0 Å². The third-order valence-corrected chi connectivity index (χ3v) is 3.65. The first-order valence-corrected chi connectivity index (χ1v) is 6.97. The van der Waals surface area contributed by atoms with Crippen molar-refractivity contribution in [3.63, 3.8) is 0 Å². The van der Waals surface area contributed by atoms with E-state index in [2.05, 4.69) is 22.1 Å². The van der Waals surface area contributed by atoms with Gasteiger partial charge in [-0.2, -0.15) is 11.3 Å². The molecule has 0 atom stereocenters. The molecule has 0 aliphatic heterocycles. The van der Waals surface area contributed by atoms with Crippen LogP contribution in [0.1, 0.15) is 27.0 Å². The van der Waals surface area contributed by atoms with Gasteiger partial charge in [0.25, 0.3) is 5.91 Å². The van der Waals surface area contributed by atoms with Gasteiger partial charge in [0.2, 0.25) is 0 Å². The molecule has 1 N–H and O–H groups in total.